The van der Waals surface area contributed by atoms with E-state index in [1.807, 2.05) is 53.7 Å². The molecule has 0 aliphatic carbocycles. The number of hydrogen-bond donors (Lipinski definition) is 1. The molecule has 273 valence electrons. The van der Waals surface area contributed by atoms with Crippen molar-refractivity contribution in [3.05, 3.63) is 142 Å². The fourth-order valence-electron chi connectivity index (χ4n) is 5.60. The van der Waals surface area contributed by atoms with Crippen LogP contribution in [0.25, 0.3) is 44.3 Å². The van der Waals surface area contributed by atoms with Crippen LogP contribution in [0, 0.1) is 64.5 Å². The molecule has 0 aliphatic rings. The van der Waals surface area contributed by atoms with Crippen LogP contribution in [0.3, 0.4) is 0 Å². The van der Waals surface area contributed by atoms with Gasteiger partial charge in [0, 0.05) is 47.8 Å². The maximum absolute atomic E-state index is 11.5. The Bertz CT molecular complexity index is 2050. The summed E-state index contributed by atoms with van der Waals surface area (Å²) in [5.41, 5.74) is 12.8. The number of fused-ring (bicyclic) bond motifs is 2. The van der Waals surface area contributed by atoms with E-state index < -0.39 is 5.41 Å². The number of carbonyl (C=O) groups is 1. The van der Waals surface area contributed by atoms with Gasteiger partial charge in [0.2, 0.25) is 0 Å². The number of aliphatic hydroxyl groups is 1. The molecule has 5 heteroatoms. The predicted octanol–water partition coefficient (Wildman–Crippen LogP) is 12.3. The summed E-state index contributed by atoms with van der Waals surface area (Å²) < 4.78 is 0. The molecular formula is C47H52IrN2O2-2. The third-order valence-electron chi connectivity index (χ3n) is 8.47. The summed E-state index contributed by atoms with van der Waals surface area (Å²) in [6, 6.07) is 36.2. The molecule has 0 aliphatic heterocycles. The third-order valence-corrected chi connectivity index (χ3v) is 8.47. The van der Waals surface area contributed by atoms with Crippen LogP contribution in [0.2, 0.25) is 0 Å². The monoisotopic (exact) mass is 869 g/mol. The maximum atomic E-state index is 11.5. The molecule has 2 heterocycles. The van der Waals surface area contributed by atoms with Crippen LogP contribution in [0.5, 0.6) is 0 Å². The Morgan fingerprint density at radius 3 is 1.33 bits per heavy atom. The van der Waals surface area contributed by atoms with Crippen molar-refractivity contribution in [1.82, 2.24) is 9.97 Å². The van der Waals surface area contributed by atoms with E-state index in [0.29, 0.717) is 0 Å². The second-order valence-electron chi connectivity index (χ2n) is 15.6. The quantitative estimate of drug-likeness (QED) is 0.109. The van der Waals surface area contributed by atoms with Gasteiger partial charge in [0.15, 0.2) is 5.78 Å². The number of para-hydroxylation sites is 2. The molecule has 2 aromatic heterocycles. The van der Waals surface area contributed by atoms with Crippen molar-refractivity contribution in [3.8, 4) is 22.5 Å². The number of carbonyl (C=O) groups excluding carboxylic acids is 1. The normalized spacial score (nSPS) is 11.6. The maximum Gasteiger partial charge on any atom is 0.164 e. The Morgan fingerprint density at radius 2 is 0.981 bits per heavy atom. The van der Waals surface area contributed by atoms with Crippen LogP contribution >= 0.6 is 0 Å². The predicted molar refractivity (Wildman–Crippen MR) is 215 cm³/mol. The average Bonchev–Trinajstić information content (AvgIpc) is 3.03. The average molecular weight is 869 g/mol. The minimum atomic E-state index is -0.417. The summed E-state index contributed by atoms with van der Waals surface area (Å²) in [5, 5.41) is 12.0. The van der Waals surface area contributed by atoms with Gasteiger partial charge in [-0.1, -0.05) is 118 Å². The van der Waals surface area contributed by atoms with Gasteiger partial charge in [0.05, 0.1) is 11.0 Å². The topological polar surface area (TPSA) is 63.1 Å². The van der Waals surface area contributed by atoms with Crippen molar-refractivity contribution in [1.29, 1.82) is 0 Å². The molecule has 4 nitrogen and oxygen atoms in total. The van der Waals surface area contributed by atoms with Crippen molar-refractivity contribution in [2.45, 2.75) is 83.1 Å². The van der Waals surface area contributed by atoms with Crippen LogP contribution < -0.4 is 0 Å². The molecule has 0 bridgehead atoms. The SMILES string of the molecule is CC(C)(C)C(=O)/C=C(\O)C(C)(C)C.Cc1[c-]c(-c2cc(C)c3ccccc3n2)cc(C)c1.Cc1[c-]c(-c2cc(C)c3ccccc3n2)cc(C)c1.[Ir]. The first kappa shape index (κ1) is 42.0. The zero-order valence-corrected chi connectivity index (χ0v) is 35.1. The molecular weight excluding hydrogens is 817 g/mol. The van der Waals surface area contributed by atoms with Gasteiger partial charge >= 0.3 is 0 Å². The van der Waals surface area contributed by atoms with Gasteiger partial charge in [0.25, 0.3) is 0 Å². The number of nitrogens with zero attached hydrogens (tertiary/aromatic N) is 2. The molecule has 1 N–H and O–H groups in total. The van der Waals surface area contributed by atoms with Crippen molar-refractivity contribution in [2.75, 3.05) is 0 Å². The molecule has 6 aromatic rings. The zero-order valence-electron chi connectivity index (χ0n) is 32.7. The molecule has 0 spiro atoms. The summed E-state index contributed by atoms with van der Waals surface area (Å²) in [6.45, 7) is 23.8. The number of pyridine rings is 2. The molecule has 0 amide bonds. The van der Waals surface area contributed by atoms with E-state index in [2.05, 4.69) is 126 Å². The Kier molecular flexibility index (Phi) is 14.0. The van der Waals surface area contributed by atoms with E-state index in [1.165, 1.54) is 39.1 Å². The van der Waals surface area contributed by atoms with Gasteiger partial charge in [-0.05, 0) is 48.5 Å². The van der Waals surface area contributed by atoms with Crippen molar-refractivity contribution in [3.63, 3.8) is 0 Å². The Balaban J connectivity index is 0.000000213. The summed E-state index contributed by atoms with van der Waals surface area (Å²) in [6.07, 6.45) is 1.33. The summed E-state index contributed by atoms with van der Waals surface area (Å²) in [5.74, 6) is 0.104. The molecule has 1 radical (unpaired) electrons. The first-order valence-electron chi connectivity index (χ1n) is 17.5. The molecule has 0 fully saturated rings. The van der Waals surface area contributed by atoms with Crippen molar-refractivity contribution in [2.24, 2.45) is 10.8 Å². The van der Waals surface area contributed by atoms with Crippen LogP contribution in [-0.2, 0) is 24.9 Å². The second kappa shape index (κ2) is 17.4. The Morgan fingerprint density at radius 1 is 0.596 bits per heavy atom. The zero-order chi connectivity index (χ0) is 37.7. The molecule has 6 rings (SSSR count). The Hall–Kier alpha value is -4.44. The van der Waals surface area contributed by atoms with Crippen LogP contribution in [0.4, 0.5) is 0 Å². The number of aryl methyl sites for hydroxylation is 6. The van der Waals surface area contributed by atoms with Gasteiger partial charge in [-0.15, -0.1) is 69.8 Å². The van der Waals surface area contributed by atoms with Crippen LogP contribution in [-0.4, -0.2) is 20.9 Å². The van der Waals surface area contributed by atoms with Crippen LogP contribution in [0.1, 0.15) is 74.9 Å². The molecule has 0 unspecified atom stereocenters. The van der Waals surface area contributed by atoms with Gasteiger partial charge in [-0.2, -0.15) is 0 Å². The molecule has 52 heavy (non-hydrogen) atoms. The van der Waals surface area contributed by atoms with Gasteiger partial charge in [-0.25, -0.2) is 0 Å². The summed E-state index contributed by atoms with van der Waals surface area (Å²) >= 11 is 0. The molecule has 0 saturated carbocycles. The molecule has 0 atom stereocenters. The van der Waals surface area contributed by atoms with Gasteiger partial charge in [0.1, 0.15) is 5.76 Å². The largest absolute Gasteiger partial charge is 0.512 e. The first-order valence-corrected chi connectivity index (χ1v) is 17.5. The number of aromatic nitrogens is 2. The van der Waals surface area contributed by atoms with E-state index in [-0.39, 0.29) is 37.1 Å². The van der Waals surface area contributed by atoms with E-state index in [4.69, 9.17) is 9.97 Å². The van der Waals surface area contributed by atoms with E-state index >= 15 is 0 Å². The van der Waals surface area contributed by atoms with Crippen molar-refractivity contribution >= 4 is 27.6 Å². The van der Waals surface area contributed by atoms with E-state index in [0.717, 1.165) is 44.7 Å². The number of ketones is 1. The fraction of sp³-hybridized carbons (Fsp3) is 0.298. The number of hydrogen-bond acceptors (Lipinski definition) is 4. The number of benzene rings is 4. The minimum Gasteiger partial charge on any atom is -0.512 e. The summed E-state index contributed by atoms with van der Waals surface area (Å²) in [4.78, 5) is 21.0. The van der Waals surface area contributed by atoms with Crippen molar-refractivity contribution < 1.29 is 30.0 Å². The first-order chi connectivity index (χ1) is 23.8. The van der Waals surface area contributed by atoms with E-state index in [1.54, 1.807) is 0 Å². The molecule has 4 aromatic carbocycles. The second-order valence-corrected chi connectivity index (χ2v) is 15.6. The standard InChI is InChI=1S/2C18H16N.C11H20O2.Ir/c2*1-12-8-13(2)10-15(9-12)18-11-14(3)16-6-4-5-7-17(16)19-18;1-10(2,3)8(12)7-9(13)11(4,5)6;/h2*4-9,11H,1-3H3;7,12H,1-6H3;/q2*-1;;/b;;8-7-;. The van der Waals surface area contributed by atoms with Gasteiger partial charge in [-0.3, -0.25) is 14.8 Å². The number of rotatable bonds is 3. The summed E-state index contributed by atoms with van der Waals surface area (Å²) in [7, 11) is 0. The minimum absolute atomic E-state index is 0. The van der Waals surface area contributed by atoms with Crippen LogP contribution in [0.15, 0.2) is 96.8 Å². The molecule has 0 saturated heterocycles. The number of aliphatic hydroxyl groups excluding tert-OH is 1. The van der Waals surface area contributed by atoms with Gasteiger partial charge < -0.3 is 5.11 Å². The Labute approximate surface area is 324 Å². The van der Waals surface area contributed by atoms with E-state index in [9.17, 15) is 9.90 Å². The third kappa shape index (κ3) is 11.3. The number of allylic oxidation sites excluding steroid dienone is 2. The fourth-order valence-corrected chi connectivity index (χ4v) is 5.60. The smallest absolute Gasteiger partial charge is 0.164 e.